The van der Waals surface area contributed by atoms with Gasteiger partial charge in [-0.1, -0.05) is 66.7 Å². The lowest BCUT2D eigenvalue weighted by Gasteiger charge is -2.27. The van der Waals surface area contributed by atoms with E-state index in [1.165, 1.54) is 15.9 Å². The van der Waals surface area contributed by atoms with E-state index < -0.39 is 7.26 Å². The molecule has 0 bridgehead atoms. The Bertz CT molecular complexity index is 1490. The molecule has 0 saturated carbocycles. The summed E-state index contributed by atoms with van der Waals surface area (Å²) in [4.78, 5) is 1.16. The lowest BCUT2D eigenvalue weighted by Crippen LogP contribution is -2.37. The van der Waals surface area contributed by atoms with Crippen LogP contribution >= 0.6 is 43.5 Å². The van der Waals surface area contributed by atoms with E-state index in [9.17, 15) is 0 Å². The Kier molecular flexibility index (Phi) is 13.5. The van der Waals surface area contributed by atoms with Crippen molar-refractivity contribution in [3.8, 4) is 0 Å². The fourth-order valence-electron chi connectivity index (χ4n) is 4.65. The summed E-state index contributed by atoms with van der Waals surface area (Å²) in [6.07, 6.45) is 2.61. The molecule has 11 heteroatoms. The molecule has 0 atom stereocenters. The van der Waals surface area contributed by atoms with Crippen LogP contribution in [-0.2, 0) is 4.74 Å². The highest BCUT2D eigenvalue weighted by Gasteiger charge is 2.45. The van der Waals surface area contributed by atoms with Crippen molar-refractivity contribution in [2.75, 3.05) is 32.8 Å². The van der Waals surface area contributed by atoms with Crippen molar-refractivity contribution in [3.63, 3.8) is 0 Å². The van der Waals surface area contributed by atoms with Gasteiger partial charge in [-0.15, -0.1) is 11.8 Å². The molecule has 0 unspecified atom stereocenters. The topological polar surface area (TPSA) is 82.1 Å². The van der Waals surface area contributed by atoms with Crippen molar-refractivity contribution in [1.82, 2.24) is 21.5 Å². The molecule has 0 aromatic heterocycles. The van der Waals surface area contributed by atoms with Crippen LogP contribution in [0.4, 0.5) is 0 Å². The number of thiocarbonyl (C=S) groups is 2. The predicted octanol–water partition coefficient (Wildman–Crippen LogP) is 5.01. The van der Waals surface area contributed by atoms with Gasteiger partial charge in [0.05, 0.1) is 12.3 Å². The highest BCUT2D eigenvalue weighted by Crippen LogP contribution is 2.55. The van der Waals surface area contributed by atoms with Gasteiger partial charge in [0.2, 0.25) is 0 Å². The quantitative estimate of drug-likeness (QED) is 0.0394. The third kappa shape index (κ3) is 9.42. The molecule has 0 fully saturated rings. The molecule has 7 nitrogen and oxygen atoms in total. The molecule has 232 valence electrons. The zero-order valence-electron chi connectivity index (χ0n) is 25.6. The molecule has 0 amide bonds. The summed E-state index contributed by atoms with van der Waals surface area (Å²) in [6, 6.07) is 40.2. The van der Waals surface area contributed by atoms with Gasteiger partial charge in [0.15, 0.2) is 16.6 Å². The molecule has 0 heterocycles. The molecule has 0 aliphatic rings. The number of nitrogens with one attached hydrogen (secondary N) is 4. The largest absolute Gasteiger partial charge is 0.364 e. The van der Waals surface area contributed by atoms with Crippen molar-refractivity contribution < 1.29 is 4.74 Å². The van der Waals surface area contributed by atoms with Crippen LogP contribution in [0, 0.1) is 0 Å². The fourth-order valence-corrected chi connectivity index (χ4v) is 9.04. The van der Waals surface area contributed by atoms with Crippen LogP contribution in [-0.4, -0.2) is 54.5 Å². The monoisotopic (exact) mass is 673 g/mol. The molecule has 0 spiro atoms. The lowest BCUT2D eigenvalue weighted by molar-refractivity contribution is 0.185. The number of hydrogen-bond acceptors (Lipinski definition) is 6. The van der Waals surface area contributed by atoms with Crippen LogP contribution in [0.1, 0.15) is 12.5 Å². The Balaban J connectivity index is 1.41. The number of benzene rings is 4. The van der Waals surface area contributed by atoms with Crippen LogP contribution in [0.5, 0.6) is 0 Å². The minimum atomic E-state index is -2.06. The second-order valence-electron chi connectivity index (χ2n) is 9.80. The summed E-state index contributed by atoms with van der Waals surface area (Å²) in [5.41, 5.74) is 7.98. The molecule has 0 aliphatic carbocycles. The van der Waals surface area contributed by atoms with Crippen molar-refractivity contribution in [1.29, 1.82) is 0 Å². The Morgan fingerprint density at radius 1 is 0.733 bits per heavy atom. The van der Waals surface area contributed by atoms with E-state index in [0.717, 1.165) is 10.5 Å². The van der Waals surface area contributed by atoms with E-state index in [-0.39, 0.29) is 0 Å². The first-order valence-electron chi connectivity index (χ1n) is 14.4. The maximum atomic E-state index is 6.43. The van der Waals surface area contributed by atoms with Gasteiger partial charge >= 0.3 is 0 Å². The molecule has 0 radical (unpaired) electrons. The highest BCUT2D eigenvalue weighted by atomic mass is 32.2. The molecule has 4 N–H and O–H groups in total. The van der Waals surface area contributed by atoms with E-state index >= 15 is 0 Å². The molecule has 0 saturated heterocycles. The third-order valence-electron chi connectivity index (χ3n) is 6.94. The number of thioether (sulfide) groups is 1. The van der Waals surface area contributed by atoms with Crippen LogP contribution in [0.25, 0.3) is 0 Å². The molecule has 45 heavy (non-hydrogen) atoms. The van der Waals surface area contributed by atoms with Crippen molar-refractivity contribution in [2.45, 2.75) is 11.8 Å². The van der Waals surface area contributed by atoms with Crippen molar-refractivity contribution in [3.05, 3.63) is 121 Å². The Labute approximate surface area is 281 Å². The van der Waals surface area contributed by atoms with E-state index in [1.54, 1.807) is 18.8 Å². The van der Waals surface area contributed by atoms with Crippen LogP contribution < -0.4 is 37.4 Å². The lowest BCUT2D eigenvalue weighted by atomic mass is 10.1. The molecule has 4 aromatic rings. The normalized spacial score (nSPS) is 11.9. The van der Waals surface area contributed by atoms with E-state index in [1.807, 2.05) is 37.4 Å². The standard InChI is InChI=1S/C34H37N6OPS3/c1-26(32(38-39-33(43)35-2)27-19-21-31(45-3)22-20-27)37-40-34(44)36-23-24-41-25-42(28-13-7-4-8-14-28,29-15-9-5-10-16-29)30-17-11-6-12-18-30/h4-22H,23-25H2,1-3H3,(H3-,35,36,37,38,39,40,43,44)/p+1. The van der Waals surface area contributed by atoms with Crippen molar-refractivity contribution >= 4 is 81.0 Å². The minimum Gasteiger partial charge on any atom is -0.364 e. The summed E-state index contributed by atoms with van der Waals surface area (Å²) in [5, 5.41) is 19.7. The third-order valence-corrected chi connectivity index (χ3v) is 12.3. The van der Waals surface area contributed by atoms with Gasteiger partial charge in [-0.2, -0.15) is 10.2 Å². The average Bonchev–Trinajstić information content (AvgIpc) is 3.10. The maximum absolute atomic E-state index is 6.43. The number of hydrogen-bond donors (Lipinski definition) is 4. The maximum Gasteiger partial charge on any atom is 0.187 e. The van der Waals surface area contributed by atoms with Gasteiger partial charge in [0.25, 0.3) is 0 Å². The minimum absolute atomic E-state index is 0.393. The summed E-state index contributed by atoms with van der Waals surface area (Å²) in [6.45, 7) is 2.86. The summed E-state index contributed by atoms with van der Waals surface area (Å²) in [7, 11) is -0.322. The van der Waals surface area contributed by atoms with Gasteiger partial charge < -0.3 is 15.4 Å². The Morgan fingerprint density at radius 3 is 1.73 bits per heavy atom. The van der Waals surface area contributed by atoms with E-state index in [4.69, 9.17) is 29.2 Å². The van der Waals surface area contributed by atoms with Gasteiger partial charge in [0.1, 0.15) is 28.9 Å². The second kappa shape index (κ2) is 17.7. The van der Waals surface area contributed by atoms with Crippen LogP contribution in [0.2, 0.25) is 0 Å². The molecular weight excluding hydrogens is 636 g/mol. The molecular formula is C34H38N6OPS3+. The van der Waals surface area contributed by atoms with Gasteiger partial charge in [-0.05, 0) is 86.1 Å². The zero-order valence-corrected chi connectivity index (χ0v) is 28.9. The van der Waals surface area contributed by atoms with E-state index in [0.29, 0.717) is 41.1 Å². The SMILES string of the molecule is CNC(=S)NN=C(C(C)=NNC(=S)NCCOC[P+](c1ccccc1)(c1ccccc1)c1ccccc1)c1ccc(SC)cc1. The molecule has 4 rings (SSSR count). The average molecular weight is 674 g/mol. The van der Waals surface area contributed by atoms with E-state index in [2.05, 4.69) is 123 Å². The number of hydrazone groups is 2. The summed E-state index contributed by atoms with van der Waals surface area (Å²) >= 11 is 12.4. The number of nitrogens with zero attached hydrogens (tertiary/aromatic N) is 2. The number of ether oxygens (including phenoxy) is 1. The Hall–Kier alpha value is -3.66. The highest BCUT2D eigenvalue weighted by molar-refractivity contribution is 7.98. The van der Waals surface area contributed by atoms with Crippen LogP contribution in [0.15, 0.2) is 130 Å². The first-order chi connectivity index (χ1) is 22.0. The smallest absolute Gasteiger partial charge is 0.187 e. The van der Waals surface area contributed by atoms with Crippen LogP contribution in [0.3, 0.4) is 0 Å². The van der Waals surface area contributed by atoms with Gasteiger partial charge in [0, 0.05) is 24.1 Å². The van der Waals surface area contributed by atoms with Crippen molar-refractivity contribution in [2.24, 2.45) is 10.2 Å². The summed E-state index contributed by atoms with van der Waals surface area (Å²) in [5.74, 6) is 0. The van der Waals surface area contributed by atoms with Gasteiger partial charge in [-0.3, -0.25) is 10.9 Å². The predicted molar refractivity (Wildman–Crippen MR) is 202 cm³/mol. The first-order valence-corrected chi connectivity index (χ1v) is 18.4. The fraction of sp³-hybridized carbons (Fsp3) is 0.176. The first kappa shape index (κ1) is 34.2. The number of rotatable bonds is 13. The molecule has 0 aliphatic heterocycles. The second-order valence-corrected chi connectivity index (χ2v) is 14.9. The van der Waals surface area contributed by atoms with Gasteiger partial charge in [-0.25, -0.2) is 0 Å². The molecule has 4 aromatic carbocycles. The Morgan fingerprint density at radius 2 is 1.24 bits per heavy atom. The summed E-state index contributed by atoms with van der Waals surface area (Å²) < 4.78 is 6.43. The zero-order chi connectivity index (χ0) is 31.9.